The lowest BCUT2D eigenvalue weighted by Crippen LogP contribution is -2.48. The average Bonchev–Trinajstić information content (AvgIpc) is 2.06. The Morgan fingerprint density at radius 2 is 2.42 bits per heavy atom. The van der Waals surface area contributed by atoms with E-state index in [9.17, 15) is 0 Å². The molecule has 0 spiro atoms. The Kier molecular flexibility index (Phi) is 3.98. The standard InChI is InChI=1S/C9H19NO2/c1-3-11-6-4-9(2)8-10-5-7-12-9/h10H,3-8H2,1-2H3. The van der Waals surface area contributed by atoms with E-state index >= 15 is 0 Å². The Morgan fingerprint density at radius 3 is 3.00 bits per heavy atom. The Labute approximate surface area is 74.4 Å². The Hall–Kier alpha value is -0.120. The maximum absolute atomic E-state index is 5.67. The molecule has 12 heavy (non-hydrogen) atoms. The molecular formula is C9H19NO2. The van der Waals surface area contributed by atoms with E-state index in [1.807, 2.05) is 6.92 Å². The molecule has 3 heteroatoms. The molecule has 0 radical (unpaired) electrons. The van der Waals surface area contributed by atoms with Crippen LogP contribution in [0.25, 0.3) is 0 Å². The van der Waals surface area contributed by atoms with Gasteiger partial charge in [0.2, 0.25) is 0 Å². The molecule has 0 bridgehead atoms. The lowest BCUT2D eigenvalue weighted by atomic mass is 10.0. The number of ether oxygens (including phenoxy) is 2. The smallest absolute Gasteiger partial charge is 0.0800 e. The highest BCUT2D eigenvalue weighted by Crippen LogP contribution is 2.16. The Morgan fingerprint density at radius 1 is 1.58 bits per heavy atom. The third-order valence-corrected chi connectivity index (χ3v) is 2.21. The highest BCUT2D eigenvalue weighted by molar-refractivity contribution is 4.81. The average molecular weight is 173 g/mol. The first-order chi connectivity index (χ1) is 5.77. The highest BCUT2D eigenvalue weighted by Gasteiger charge is 2.26. The Balaban J connectivity index is 2.17. The van der Waals surface area contributed by atoms with Gasteiger partial charge in [0.25, 0.3) is 0 Å². The van der Waals surface area contributed by atoms with E-state index in [0.717, 1.165) is 39.3 Å². The number of morpholine rings is 1. The number of hydrogen-bond acceptors (Lipinski definition) is 3. The van der Waals surface area contributed by atoms with Gasteiger partial charge in [-0.3, -0.25) is 0 Å². The third kappa shape index (κ3) is 3.09. The van der Waals surface area contributed by atoms with Crippen LogP contribution in [0.4, 0.5) is 0 Å². The molecule has 0 saturated carbocycles. The van der Waals surface area contributed by atoms with Gasteiger partial charge in [-0.2, -0.15) is 0 Å². The zero-order valence-corrected chi connectivity index (χ0v) is 8.06. The topological polar surface area (TPSA) is 30.5 Å². The minimum Gasteiger partial charge on any atom is -0.382 e. The molecule has 1 heterocycles. The molecule has 1 fully saturated rings. The van der Waals surface area contributed by atoms with E-state index < -0.39 is 0 Å². The van der Waals surface area contributed by atoms with Gasteiger partial charge in [0, 0.05) is 32.7 Å². The molecule has 1 rings (SSSR count). The number of hydrogen-bond donors (Lipinski definition) is 1. The first-order valence-electron chi connectivity index (χ1n) is 4.69. The van der Waals surface area contributed by atoms with Crippen LogP contribution in [0.3, 0.4) is 0 Å². The summed E-state index contributed by atoms with van der Waals surface area (Å²) in [7, 11) is 0. The minimum atomic E-state index is -0.00653. The van der Waals surface area contributed by atoms with Crippen LogP contribution >= 0.6 is 0 Å². The van der Waals surface area contributed by atoms with Crippen LogP contribution in [0.5, 0.6) is 0 Å². The van der Waals surface area contributed by atoms with Crippen LogP contribution in [-0.2, 0) is 9.47 Å². The van der Waals surface area contributed by atoms with E-state index in [1.54, 1.807) is 0 Å². The fraction of sp³-hybridized carbons (Fsp3) is 1.00. The van der Waals surface area contributed by atoms with Crippen molar-refractivity contribution in [3.63, 3.8) is 0 Å². The minimum absolute atomic E-state index is 0.00653. The summed E-state index contributed by atoms with van der Waals surface area (Å²) in [6, 6.07) is 0. The summed E-state index contributed by atoms with van der Waals surface area (Å²) in [6.07, 6.45) is 0.980. The highest BCUT2D eigenvalue weighted by atomic mass is 16.5. The van der Waals surface area contributed by atoms with Crippen LogP contribution in [0, 0.1) is 0 Å². The molecule has 3 nitrogen and oxygen atoms in total. The van der Waals surface area contributed by atoms with Gasteiger partial charge < -0.3 is 14.8 Å². The van der Waals surface area contributed by atoms with Crippen LogP contribution in [-0.4, -0.2) is 38.5 Å². The van der Waals surface area contributed by atoms with E-state index in [-0.39, 0.29) is 5.60 Å². The van der Waals surface area contributed by atoms with E-state index in [4.69, 9.17) is 9.47 Å². The van der Waals surface area contributed by atoms with Gasteiger partial charge in [-0.05, 0) is 13.8 Å². The van der Waals surface area contributed by atoms with Gasteiger partial charge in [-0.25, -0.2) is 0 Å². The fourth-order valence-electron chi connectivity index (χ4n) is 1.37. The van der Waals surface area contributed by atoms with Gasteiger partial charge in [-0.1, -0.05) is 0 Å². The van der Waals surface area contributed by atoms with E-state index in [0.29, 0.717) is 0 Å². The van der Waals surface area contributed by atoms with E-state index in [2.05, 4.69) is 12.2 Å². The molecule has 0 amide bonds. The SMILES string of the molecule is CCOCCC1(C)CNCCO1. The molecule has 1 atom stereocenters. The van der Waals surface area contributed by atoms with Crippen molar-refractivity contribution in [3.05, 3.63) is 0 Å². The number of rotatable bonds is 4. The molecule has 1 unspecified atom stereocenters. The fourth-order valence-corrected chi connectivity index (χ4v) is 1.37. The van der Waals surface area contributed by atoms with Crippen LogP contribution in [0.2, 0.25) is 0 Å². The molecule has 72 valence electrons. The van der Waals surface area contributed by atoms with Crippen molar-refractivity contribution in [1.29, 1.82) is 0 Å². The summed E-state index contributed by atoms with van der Waals surface area (Å²) >= 11 is 0. The lowest BCUT2D eigenvalue weighted by Gasteiger charge is -2.34. The maximum atomic E-state index is 5.67. The van der Waals surface area contributed by atoms with Crippen molar-refractivity contribution < 1.29 is 9.47 Å². The number of nitrogens with one attached hydrogen (secondary N) is 1. The van der Waals surface area contributed by atoms with Crippen molar-refractivity contribution in [1.82, 2.24) is 5.32 Å². The molecular weight excluding hydrogens is 154 g/mol. The molecule has 0 aromatic heterocycles. The van der Waals surface area contributed by atoms with Crippen molar-refractivity contribution in [2.75, 3.05) is 32.9 Å². The summed E-state index contributed by atoms with van der Waals surface area (Å²) in [5, 5.41) is 3.32. The van der Waals surface area contributed by atoms with Gasteiger partial charge in [0.1, 0.15) is 0 Å². The molecule has 1 aliphatic heterocycles. The first-order valence-corrected chi connectivity index (χ1v) is 4.69. The van der Waals surface area contributed by atoms with Crippen molar-refractivity contribution in [2.24, 2.45) is 0 Å². The van der Waals surface area contributed by atoms with Crippen LogP contribution in [0.1, 0.15) is 20.3 Å². The molecule has 1 N–H and O–H groups in total. The zero-order valence-electron chi connectivity index (χ0n) is 8.06. The third-order valence-electron chi connectivity index (χ3n) is 2.21. The normalized spacial score (nSPS) is 30.5. The predicted molar refractivity (Wildman–Crippen MR) is 48.3 cm³/mol. The molecule has 1 saturated heterocycles. The largest absolute Gasteiger partial charge is 0.382 e. The monoisotopic (exact) mass is 173 g/mol. The second kappa shape index (κ2) is 4.80. The molecule has 0 aromatic carbocycles. The predicted octanol–water partition coefficient (Wildman–Crippen LogP) is 0.792. The van der Waals surface area contributed by atoms with Gasteiger partial charge in [0.05, 0.1) is 12.2 Å². The van der Waals surface area contributed by atoms with Gasteiger partial charge >= 0.3 is 0 Å². The van der Waals surface area contributed by atoms with Crippen molar-refractivity contribution >= 4 is 0 Å². The molecule has 1 aliphatic rings. The van der Waals surface area contributed by atoms with Crippen LogP contribution < -0.4 is 5.32 Å². The van der Waals surface area contributed by atoms with Gasteiger partial charge in [-0.15, -0.1) is 0 Å². The second-order valence-corrected chi connectivity index (χ2v) is 3.42. The summed E-state index contributed by atoms with van der Waals surface area (Å²) < 4.78 is 11.0. The van der Waals surface area contributed by atoms with Crippen LogP contribution in [0.15, 0.2) is 0 Å². The van der Waals surface area contributed by atoms with Crippen molar-refractivity contribution in [3.8, 4) is 0 Å². The summed E-state index contributed by atoms with van der Waals surface area (Å²) in [5.41, 5.74) is -0.00653. The first kappa shape index (κ1) is 9.96. The Bertz CT molecular complexity index is 122. The van der Waals surface area contributed by atoms with E-state index in [1.165, 1.54) is 0 Å². The molecule has 0 aliphatic carbocycles. The summed E-state index contributed by atoms with van der Waals surface area (Å²) in [6.45, 7) is 8.49. The molecule has 0 aromatic rings. The zero-order chi connectivity index (χ0) is 8.86. The quantitative estimate of drug-likeness (QED) is 0.638. The maximum Gasteiger partial charge on any atom is 0.0800 e. The summed E-state index contributed by atoms with van der Waals surface area (Å²) in [5.74, 6) is 0. The lowest BCUT2D eigenvalue weighted by molar-refractivity contribution is -0.0702. The second-order valence-electron chi connectivity index (χ2n) is 3.42. The summed E-state index contributed by atoms with van der Waals surface area (Å²) in [4.78, 5) is 0. The van der Waals surface area contributed by atoms with Gasteiger partial charge in [0.15, 0.2) is 0 Å². The van der Waals surface area contributed by atoms with Crippen molar-refractivity contribution in [2.45, 2.75) is 25.9 Å².